The van der Waals surface area contributed by atoms with Gasteiger partial charge in [-0.1, -0.05) is 72.8 Å². The van der Waals surface area contributed by atoms with Gasteiger partial charge in [0.05, 0.1) is 0 Å². The minimum absolute atomic E-state index is 0.330. The SMILES string of the molecule is Oc1ccc(C2[C@@H](c3ccccc3)[C@H]2c2ccccc2)cc1. The van der Waals surface area contributed by atoms with Crippen LogP contribution < -0.4 is 0 Å². The van der Waals surface area contributed by atoms with Gasteiger partial charge in [-0.15, -0.1) is 0 Å². The van der Waals surface area contributed by atoms with Crippen LogP contribution in [0, 0.1) is 0 Å². The van der Waals surface area contributed by atoms with E-state index in [1.54, 1.807) is 12.1 Å². The number of phenols is 1. The topological polar surface area (TPSA) is 20.2 Å². The summed E-state index contributed by atoms with van der Waals surface area (Å²) in [5, 5.41) is 9.52. The van der Waals surface area contributed by atoms with E-state index in [1.807, 2.05) is 0 Å². The Labute approximate surface area is 130 Å². The summed E-state index contributed by atoms with van der Waals surface area (Å²) in [4.78, 5) is 0. The molecule has 3 atom stereocenters. The normalized spacial score (nSPS) is 23.2. The zero-order chi connectivity index (χ0) is 14.9. The van der Waals surface area contributed by atoms with Gasteiger partial charge in [0.2, 0.25) is 0 Å². The molecule has 108 valence electrons. The summed E-state index contributed by atoms with van der Waals surface area (Å²) in [5.41, 5.74) is 4.10. The van der Waals surface area contributed by atoms with Crippen molar-refractivity contribution in [2.75, 3.05) is 0 Å². The van der Waals surface area contributed by atoms with Gasteiger partial charge in [0.1, 0.15) is 5.75 Å². The summed E-state index contributed by atoms with van der Waals surface area (Å²) in [6.07, 6.45) is 0. The number of benzene rings is 3. The molecule has 0 aliphatic heterocycles. The fourth-order valence-corrected chi connectivity index (χ4v) is 3.60. The van der Waals surface area contributed by atoms with Gasteiger partial charge in [-0.05, 0) is 46.6 Å². The highest BCUT2D eigenvalue weighted by molar-refractivity contribution is 5.48. The van der Waals surface area contributed by atoms with Crippen molar-refractivity contribution in [1.82, 2.24) is 0 Å². The lowest BCUT2D eigenvalue weighted by Crippen LogP contribution is -1.83. The lowest BCUT2D eigenvalue weighted by atomic mass is 10.0. The molecule has 1 fully saturated rings. The van der Waals surface area contributed by atoms with Gasteiger partial charge in [0.15, 0.2) is 0 Å². The Morgan fingerprint density at radius 3 is 1.23 bits per heavy atom. The number of hydrogen-bond acceptors (Lipinski definition) is 1. The van der Waals surface area contributed by atoms with E-state index in [4.69, 9.17) is 0 Å². The van der Waals surface area contributed by atoms with Gasteiger partial charge in [-0.2, -0.15) is 0 Å². The Balaban J connectivity index is 1.73. The number of rotatable bonds is 3. The van der Waals surface area contributed by atoms with Gasteiger partial charge in [0.25, 0.3) is 0 Å². The van der Waals surface area contributed by atoms with Crippen LogP contribution in [0.4, 0.5) is 0 Å². The molecule has 22 heavy (non-hydrogen) atoms. The monoisotopic (exact) mass is 286 g/mol. The molecule has 0 aromatic heterocycles. The first-order chi connectivity index (χ1) is 10.8. The summed E-state index contributed by atoms with van der Waals surface area (Å²) >= 11 is 0. The molecular weight excluding hydrogens is 268 g/mol. The van der Waals surface area contributed by atoms with Gasteiger partial charge in [0, 0.05) is 0 Å². The molecule has 1 heteroatoms. The molecule has 0 radical (unpaired) electrons. The zero-order valence-corrected chi connectivity index (χ0v) is 12.3. The molecule has 0 spiro atoms. The zero-order valence-electron chi connectivity index (χ0n) is 12.3. The third-order valence-electron chi connectivity index (χ3n) is 4.67. The molecule has 1 saturated carbocycles. The molecule has 0 amide bonds. The van der Waals surface area contributed by atoms with Crippen molar-refractivity contribution >= 4 is 0 Å². The maximum Gasteiger partial charge on any atom is 0.115 e. The van der Waals surface area contributed by atoms with Crippen LogP contribution in [0.3, 0.4) is 0 Å². The summed E-state index contributed by atoms with van der Waals surface area (Å²) in [7, 11) is 0. The first kappa shape index (κ1) is 13.1. The summed E-state index contributed by atoms with van der Waals surface area (Å²) in [5.74, 6) is 1.86. The molecule has 0 bridgehead atoms. The largest absolute Gasteiger partial charge is 0.508 e. The van der Waals surface area contributed by atoms with Gasteiger partial charge in [-0.25, -0.2) is 0 Å². The van der Waals surface area contributed by atoms with Crippen LogP contribution >= 0.6 is 0 Å². The van der Waals surface area contributed by atoms with E-state index < -0.39 is 0 Å². The second-order valence-corrected chi connectivity index (χ2v) is 5.99. The van der Waals surface area contributed by atoms with Gasteiger partial charge < -0.3 is 5.11 Å². The molecule has 3 aromatic carbocycles. The Hall–Kier alpha value is -2.54. The van der Waals surface area contributed by atoms with E-state index in [0.29, 0.717) is 23.5 Å². The lowest BCUT2D eigenvalue weighted by molar-refractivity contribution is 0.475. The molecule has 0 heterocycles. The molecule has 1 nitrogen and oxygen atoms in total. The van der Waals surface area contributed by atoms with E-state index >= 15 is 0 Å². The highest BCUT2D eigenvalue weighted by atomic mass is 16.3. The smallest absolute Gasteiger partial charge is 0.115 e. The Morgan fingerprint density at radius 2 is 0.818 bits per heavy atom. The minimum Gasteiger partial charge on any atom is -0.508 e. The number of phenolic OH excluding ortho intramolecular Hbond substituents is 1. The lowest BCUT2D eigenvalue weighted by Gasteiger charge is -2.01. The predicted molar refractivity (Wildman–Crippen MR) is 89.2 cm³/mol. The number of hydrogen-bond donors (Lipinski definition) is 1. The van der Waals surface area contributed by atoms with Crippen LogP contribution in [0.5, 0.6) is 5.75 Å². The predicted octanol–water partition coefficient (Wildman–Crippen LogP) is 5.06. The van der Waals surface area contributed by atoms with Crippen LogP contribution in [0.1, 0.15) is 34.4 Å². The van der Waals surface area contributed by atoms with E-state index in [2.05, 4.69) is 72.8 Å². The second-order valence-electron chi connectivity index (χ2n) is 5.99. The fraction of sp³-hybridized carbons (Fsp3) is 0.143. The van der Waals surface area contributed by atoms with Crippen molar-refractivity contribution in [1.29, 1.82) is 0 Å². The van der Waals surface area contributed by atoms with Crippen molar-refractivity contribution in [2.45, 2.75) is 17.8 Å². The highest BCUT2D eigenvalue weighted by Crippen LogP contribution is 2.66. The van der Waals surface area contributed by atoms with Crippen molar-refractivity contribution in [3.8, 4) is 5.75 Å². The molecule has 4 rings (SSSR count). The van der Waals surface area contributed by atoms with Crippen LogP contribution in [0.15, 0.2) is 84.9 Å². The van der Waals surface area contributed by atoms with Crippen LogP contribution in [0.25, 0.3) is 0 Å². The van der Waals surface area contributed by atoms with E-state index in [9.17, 15) is 5.11 Å². The maximum absolute atomic E-state index is 9.52. The number of aromatic hydroxyl groups is 1. The third-order valence-corrected chi connectivity index (χ3v) is 4.67. The molecule has 1 unspecified atom stereocenters. The average molecular weight is 286 g/mol. The van der Waals surface area contributed by atoms with Gasteiger partial charge in [-0.3, -0.25) is 0 Å². The average Bonchev–Trinajstić information content (AvgIpc) is 3.33. The molecule has 0 saturated heterocycles. The Bertz CT molecular complexity index is 701. The third kappa shape index (κ3) is 2.29. The standard InChI is InChI=1S/C21H18O/c22-18-13-11-17(12-14-18)21-19(15-7-3-1-4-8-15)20(21)16-9-5-2-6-10-16/h1-14,19-22H/t19-,20+,21?. The Morgan fingerprint density at radius 1 is 0.455 bits per heavy atom. The van der Waals surface area contributed by atoms with Crippen molar-refractivity contribution in [2.24, 2.45) is 0 Å². The molecule has 1 N–H and O–H groups in total. The Kier molecular flexibility index (Phi) is 3.19. The molecular formula is C21H18O. The van der Waals surface area contributed by atoms with Crippen molar-refractivity contribution < 1.29 is 5.11 Å². The second kappa shape index (κ2) is 5.34. The quantitative estimate of drug-likeness (QED) is 0.713. The molecule has 1 aliphatic rings. The van der Waals surface area contributed by atoms with E-state index in [0.717, 1.165) is 0 Å². The minimum atomic E-state index is 0.330. The first-order valence-corrected chi connectivity index (χ1v) is 7.73. The molecule has 1 aliphatic carbocycles. The maximum atomic E-state index is 9.52. The van der Waals surface area contributed by atoms with Crippen LogP contribution in [0.2, 0.25) is 0 Å². The fourth-order valence-electron chi connectivity index (χ4n) is 3.60. The highest BCUT2D eigenvalue weighted by Gasteiger charge is 2.52. The van der Waals surface area contributed by atoms with E-state index in [-0.39, 0.29) is 0 Å². The van der Waals surface area contributed by atoms with Crippen LogP contribution in [-0.2, 0) is 0 Å². The summed E-state index contributed by atoms with van der Waals surface area (Å²) in [6.45, 7) is 0. The first-order valence-electron chi connectivity index (χ1n) is 7.73. The molecule has 3 aromatic rings. The van der Waals surface area contributed by atoms with Gasteiger partial charge >= 0.3 is 0 Å². The van der Waals surface area contributed by atoms with Crippen LogP contribution in [-0.4, -0.2) is 5.11 Å². The van der Waals surface area contributed by atoms with Crippen molar-refractivity contribution in [3.63, 3.8) is 0 Å². The summed E-state index contributed by atoms with van der Waals surface area (Å²) < 4.78 is 0. The van der Waals surface area contributed by atoms with E-state index in [1.165, 1.54) is 16.7 Å². The van der Waals surface area contributed by atoms with Crippen molar-refractivity contribution in [3.05, 3.63) is 102 Å². The summed E-state index contributed by atoms with van der Waals surface area (Å²) in [6, 6.07) is 29.2.